The number of amides is 2. The molecule has 0 saturated heterocycles. The molecule has 2 amide bonds. The fourth-order valence-electron chi connectivity index (χ4n) is 2.68. The number of ether oxygens (including phenoxy) is 1. The van der Waals surface area contributed by atoms with Crippen molar-refractivity contribution >= 4 is 28.9 Å². The van der Waals surface area contributed by atoms with Gasteiger partial charge in [-0.1, -0.05) is 37.3 Å². The van der Waals surface area contributed by atoms with Crippen LogP contribution >= 0.6 is 0 Å². The minimum atomic E-state index is -0.156. The van der Waals surface area contributed by atoms with Crippen molar-refractivity contribution in [2.75, 3.05) is 22.5 Å². The summed E-state index contributed by atoms with van der Waals surface area (Å²) in [6.45, 7) is 2.43. The third-order valence-corrected chi connectivity index (χ3v) is 4.33. The molecule has 3 aromatic rings. The van der Waals surface area contributed by atoms with E-state index in [0.29, 0.717) is 18.7 Å². The molecule has 0 saturated carbocycles. The third-order valence-electron chi connectivity index (χ3n) is 4.33. The third kappa shape index (κ3) is 6.67. The summed E-state index contributed by atoms with van der Waals surface area (Å²) in [4.78, 5) is 23.6. The van der Waals surface area contributed by atoms with Crippen LogP contribution in [-0.2, 0) is 16.2 Å². The van der Waals surface area contributed by atoms with Crippen molar-refractivity contribution in [3.8, 4) is 5.75 Å². The molecular formula is C24H25N3O3. The van der Waals surface area contributed by atoms with E-state index in [4.69, 9.17) is 4.74 Å². The Morgan fingerprint density at radius 3 is 1.93 bits per heavy atom. The first-order valence-corrected chi connectivity index (χ1v) is 9.83. The lowest BCUT2D eigenvalue weighted by atomic mass is 10.2. The molecule has 3 N–H and O–H groups in total. The average molecular weight is 403 g/mol. The number of hydrogen-bond donors (Lipinski definition) is 3. The largest absolute Gasteiger partial charge is 0.489 e. The predicted molar refractivity (Wildman–Crippen MR) is 120 cm³/mol. The van der Waals surface area contributed by atoms with Crippen LogP contribution in [0.1, 0.15) is 18.9 Å². The second-order valence-corrected chi connectivity index (χ2v) is 6.68. The summed E-state index contributed by atoms with van der Waals surface area (Å²) in [5, 5.41) is 8.69. The summed E-state index contributed by atoms with van der Waals surface area (Å²) in [6, 6.07) is 24.4. The van der Waals surface area contributed by atoms with Gasteiger partial charge in [0.25, 0.3) is 0 Å². The Morgan fingerprint density at radius 2 is 1.30 bits per heavy atom. The summed E-state index contributed by atoms with van der Waals surface area (Å²) >= 11 is 0. The van der Waals surface area contributed by atoms with Crippen LogP contribution in [0.25, 0.3) is 0 Å². The molecule has 6 heteroatoms. The molecule has 0 spiro atoms. The Kier molecular flexibility index (Phi) is 7.44. The quantitative estimate of drug-likeness (QED) is 0.485. The van der Waals surface area contributed by atoms with Crippen LogP contribution < -0.4 is 20.7 Å². The van der Waals surface area contributed by atoms with Crippen molar-refractivity contribution in [1.29, 1.82) is 0 Å². The van der Waals surface area contributed by atoms with E-state index in [1.54, 1.807) is 19.1 Å². The number of benzene rings is 3. The Morgan fingerprint density at radius 1 is 0.733 bits per heavy atom. The molecule has 30 heavy (non-hydrogen) atoms. The van der Waals surface area contributed by atoms with E-state index >= 15 is 0 Å². The number of carbonyl (C=O) groups is 2. The molecule has 0 heterocycles. The normalized spacial score (nSPS) is 10.2. The first-order valence-electron chi connectivity index (χ1n) is 9.83. The van der Waals surface area contributed by atoms with Gasteiger partial charge < -0.3 is 20.7 Å². The molecule has 0 atom stereocenters. The minimum absolute atomic E-state index is 0.0356. The van der Waals surface area contributed by atoms with Gasteiger partial charge in [-0.3, -0.25) is 9.59 Å². The molecule has 154 valence electrons. The van der Waals surface area contributed by atoms with E-state index < -0.39 is 0 Å². The minimum Gasteiger partial charge on any atom is -0.489 e. The lowest BCUT2D eigenvalue weighted by molar-refractivity contribution is -0.116. The van der Waals surface area contributed by atoms with Crippen LogP contribution in [0.2, 0.25) is 0 Å². The monoisotopic (exact) mass is 403 g/mol. The molecule has 0 aliphatic heterocycles. The summed E-state index contributed by atoms with van der Waals surface area (Å²) in [5.74, 6) is 0.549. The summed E-state index contributed by atoms with van der Waals surface area (Å²) < 4.78 is 5.75. The number of anilines is 3. The lowest BCUT2D eigenvalue weighted by Crippen LogP contribution is -2.21. The Bertz CT molecular complexity index is 955. The average Bonchev–Trinajstić information content (AvgIpc) is 2.79. The van der Waals surface area contributed by atoms with Gasteiger partial charge in [0.1, 0.15) is 12.4 Å². The maximum atomic E-state index is 12.2. The van der Waals surface area contributed by atoms with Gasteiger partial charge in [-0.15, -0.1) is 0 Å². The van der Waals surface area contributed by atoms with E-state index in [-0.39, 0.29) is 18.4 Å². The summed E-state index contributed by atoms with van der Waals surface area (Å²) in [6.07, 6.45) is 0.431. The maximum Gasteiger partial charge on any atom is 0.243 e. The Hall–Kier alpha value is -3.80. The van der Waals surface area contributed by atoms with Crippen molar-refractivity contribution in [3.63, 3.8) is 0 Å². The van der Waals surface area contributed by atoms with Crippen molar-refractivity contribution in [3.05, 3.63) is 84.4 Å². The molecule has 0 aromatic heterocycles. The van der Waals surface area contributed by atoms with Crippen molar-refractivity contribution in [2.24, 2.45) is 0 Å². The van der Waals surface area contributed by atoms with Crippen LogP contribution in [0, 0.1) is 0 Å². The van der Waals surface area contributed by atoms with Crippen LogP contribution in [0.3, 0.4) is 0 Å². The zero-order chi connectivity index (χ0) is 21.2. The molecule has 0 aliphatic carbocycles. The predicted octanol–water partition coefficient (Wildman–Crippen LogP) is 4.66. The highest BCUT2D eigenvalue weighted by molar-refractivity contribution is 5.94. The molecule has 3 aromatic carbocycles. The highest BCUT2D eigenvalue weighted by atomic mass is 16.5. The Labute approximate surface area is 176 Å². The molecule has 0 unspecified atom stereocenters. The van der Waals surface area contributed by atoms with Gasteiger partial charge in [0.15, 0.2) is 0 Å². The van der Waals surface area contributed by atoms with Crippen molar-refractivity contribution < 1.29 is 14.3 Å². The van der Waals surface area contributed by atoms with E-state index in [0.717, 1.165) is 22.7 Å². The highest BCUT2D eigenvalue weighted by Crippen LogP contribution is 2.17. The van der Waals surface area contributed by atoms with Crippen LogP contribution in [0.15, 0.2) is 78.9 Å². The van der Waals surface area contributed by atoms with Gasteiger partial charge in [-0.25, -0.2) is 0 Å². The molecular weight excluding hydrogens is 378 g/mol. The van der Waals surface area contributed by atoms with Gasteiger partial charge in [-0.05, 0) is 54.1 Å². The van der Waals surface area contributed by atoms with E-state index in [1.165, 1.54) is 0 Å². The molecule has 0 radical (unpaired) electrons. The number of carbonyl (C=O) groups excluding carboxylic acids is 2. The van der Waals surface area contributed by atoms with Crippen LogP contribution in [0.4, 0.5) is 17.1 Å². The molecule has 3 rings (SSSR count). The summed E-state index contributed by atoms with van der Waals surface area (Å²) in [5.41, 5.74) is 3.32. The highest BCUT2D eigenvalue weighted by Gasteiger charge is 2.04. The van der Waals surface area contributed by atoms with Gasteiger partial charge in [-0.2, -0.15) is 0 Å². The summed E-state index contributed by atoms with van der Waals surface area (Å²) in [7, 11) is 0. The van der Waals surface area contributed by atoms with E-state index in [9.17, 15) is 9.59 Å². The topological polar surface area (TPSA) is 79.5 Å². The van der Waals surface area contributed by atoms with Gasteiger partial charge in [0.2, 0.25) is 11.8 Å². The molecule has 0 bridgehead atoms. The SMILES string of the molecule is CCC(=O)Nc1ccc(NCC(=O)Nc2ccc(OCc3ccccc3)cc2)cc1. The number of nitrogens with one attached hydrogen (secondary N) is 3. The molecule has 6 nitrogen and oxygen atoms in total. The zero-order valence-corrected chi connectivity index (χ0v) is 16.9. The number of rotatable bonds is 9. The zero-order valence-electron chi connectivity index (χ0n) is 16.9. The van der Waals surface area contributed by atoms with E-state index in [1.807, 2.05) is 66.7 Å². The van der Waals surface area contributed by atoms with Gasteiger partial charge in [0, 0.05) is 23.5 Å². The standard InChI is InChI=1S/C24H25N3O3/c1-2-23(28)26-20-10-8-19(9-11-20)25-16-24(29)27-21-12-14-22(15-13-21)30-17-18-6-4-3-5-7-18/h3-15,25H,2,16-17H2,1H3,(H,26,28)(H,27,29). The van der Waals surface area contributed by atoms with Gasteiger partial charge in [0.05, 0.1) is 6.54 Å². The van der Waals surface area contributed by atoms with Crippen molar-refractivity contribution in [1.82, 2.24) is 0 Å². The molecule has 0 aliphatic rings. The second-order valence-electron chi connectivity index (χ2n) is 6.68. The van der Waals surface area contributed by atoms with Crippen LogP contribution in [-0.4, -0.2) is 18.4 Å². The maximum absolute atomic E-state index is 12.2. The first-order chi connectivity index (χ1) is 14.6. The first kappa shape index (κ1) is 20.9. The number of hydrogen-bond acceptors (Lipinski definition) is 4. The smallest absolute Gasteiger partial charge is 0.243 e. The molecule has 0 fully saturated rings. The van der Waals surface area contributed by atoms with E-state index in [2.05, 4.69) is 16.0 Å². The fraction of sp³-hybridized carbons (Fsp3) is 0.167. The van der Waals surface area contributed by atoms with Gasteiger partial charge >= 0.3 is 0 Å². The van der Waals surface area contributed by atoms with Crippen molar-refractivity contribution in [2.45, 2.75) is 20.0 Å². The van der Waals surface area contributed by atoms with Crippen LogP contribution in [0.5, 0.6) is 5.75 Å². The second kappa shape index (κ2) is 10.7. The Balaban J connectivity index is 1.42. The fourth-order valence-corrected chi connectivity index (χ4v) is 2.68. The lowest BCUT2D eigenvalue weighted by Gasteiger charge is -2.10.